The largest absolute Gasteiger partial charge is 0.495 e. The summed E-state index contributed by atoms with van der Waals surface area (Å²) < 4.78 is 17.0. The van der Waals surface area contributed by atoms with E-state index in [2.05, 4.69) is 21.2 Å². The Balaban J connectivity index is 2.16. The Kier molecular flexibility index (Phi) is 6.42. The molecule has 2 aromatic rings. The fourth-order valence-corrected chi connectivity index (χ4v) is 2.83. The highest BCUT2D eigenvalue weighted by Crippen LogP contribution is 2.34. The lowest BCUT2D eigenvalue weighted by atomic mass is 10.2. The molecule has 4 nitrogen and oxygen atoms in total. The van der Waals surface area contributed by atoms with Gasteiger partial charge in [0.2, 0.25) is 0 Å². The number of halogens is 2. The fourth-order valence-electron chi connectivity index (χ4n) is 2.11. The normalized spacial score (nSPS) is 10.3. The molecule has 0 atom stereocenters. The average molecular weight is 401 g/mol. The van der Waals surface area contributed by atoms with Crippen LogP contribution in [0.25, 0.3) is 0 Å². The van der Waals surface area contributed by atoms with Gasteiger partial charge in [0.25, 0.3) is 0 Å². The van der Waals surface area contributed by atoms with Crippen LogP contribution >= 0.6 is 27.5 Å². The summed E-state index contributed by atoms with van der Waals surface area (Å²) in [5, 5.41) is 3.90. The van der Waals surface area contributed by atoms with Gasteiger partial charge in [0.15, 0.2) is 11.5 Å². The van der Waals surface area contributed by atoms with Crippen LogP contribution in [0.4, 0.5) is 5.69 Å². The van der Waals surface area contributed by atoms with Gasteiger partial charge in [0.1, 0.15) is 5.75 Å². The molecule has 0 aliphatic carbocycles. The maximum Gasteiger partial charge on any atom is 0.161 e. The highest BCUT2D eigenvalue weighted by atomic mass is 79.9. The lowest BCUT2D eigenvalue weighted by Crippen LogP contribution is -2.03. The molecule has 0 fully saturated rings. The topological polar surface area (TPSA) is 39.7 Å². The van der Waals surface area contributed by atoms with E-state index in [0.717, 1.165) is 21.5 Å². The zero-order chi connectivity index (χ0) is 16.8. The molecule has 124 valence electrons. The second kappa shape index (κ2) is 8.31. The maximum atomic E-state index is 6.14. The molecule has 0 saturated heterocycles. The fraction of sp³-hybridized carbons (Fsp3) is 0.294. The number of hydrogen-bond acceptors (Lipinski definition) is 4. The Morgan fingerprint density at radius 1 is 1.04 bits per heavy atom. The van der Waals surface area contributed by atoms with Gasteiger partial charge in [0, 0.05) is 16.7 Å². The van der Waals surface area contributed by atoms with Crippen LogP contribution in [0.2, 0.25) is 5.02 Å². The van der Waals surface area contributed by atoms with E-state index >= 15 is 0 Å². The molecule has 0 radical (unpaired) electrons. The van der Waals surface area contributed by atoms with Crippen LogP contribution in [0.1, 0.15) is 12.5 Å². The molecule has 2 rings (SSSR count). The molecule has 6 heteroatoms. The summed E-state index contributed by atoms with van der Waals surface area (Å²) in [6.07, 6.45) is 0. The van der Waals surface area contributed by atoms with Gasteiger partial charge in [-0.25, -0.2) is 0 Å². The molecule has 0 aliphatic heterocycles. The van der Waals surface area contributed by atoms with Gasteiger partial charge in [-0.2, -0.15) is 0 Å². The molecular formula is C17H19BrClNO3. The SMILES string of the molecule is CCOc1cc(CNc2ccc(OC)c(Cl)c2)c(Br)cc1OC. The van der Waals surface area contributed by atoms with Crippen molar-refractivity contribution in [2.45, 2.75) is 13.5 Å². The molecule has 2 aromatic carbocycles. The van der Waals surface area contributed by atoms with E-state index in [1.807, 2.05) is 37.3 Å². The first-order valence-electron chi connectivity index (χ1n) is 7.15. The van der Waals surface area contributed by atoms with E-state index in [4.69, 9.17) is 25.8 Å². The second-order valence-corrected chi connectivity index (χ2v) is 5.99. The second-order valence-electron chi connectivity index (χ2n) is 4.73. The van der Waals surface area contributed by atoms with Crippen molar-refractivity contribution in [3.05, 3.63) is 45.4 Å². The first kappa shape index (κ1) is 17.8. The summed E-state index contributed by atoms with van der Waals surface area (Å²) >= 11 is 9.70. The van der Waals surface area contributed by atoms with Gasteiger partial charge >= 0.3 is 0 Å². The van der Waals surface area contributed by atoms with Crippen molar-refractivity contribution in [2.24, 2.45) is 0 Å². The van der Waals surface area contributed by atoms with Crippen molar-refractivity contribution in [1.29, 1.82) is 0 Å². The van der Waals surface area contributed by atoms with Crippen LogP contribution in [0.3, 0.4) is 0 Å². The van der Waals surface area contributed by atoms with Crippen molar-refractivity contribution >= 4 is 33.2 Å². The summed E-state index contributed by atoms with van der Waals surface area (Å²) in [6.45, 7) is 3.14. The molecule has 0 heterocycles. The first-order chi connectivity index (χ1) is 11.1. The van der Waals surface area contributed by atoms with Gasteiger partial charge in [-0.05, 0) is 42.8 Å². The van der Waals surface area contributed by atoms with E-state index < -0.39 is 0 Å². The van der Waals surface area contributed by atoms with Crippen LogP contribution in [0.5, 0.6) is 17.2 Å². The smallest absolute Gasteiger partial charge is 0.161 e. The zero-order valence-electron chi connectivity index (χ0n) is 13.3. The van der Waals surface area contributed by atoms with Crippen LogP contribution in [0.15, 0.2) is 34.8 Å². The summed E-state index contributed by atoms with van der Waals surface area (Å²) in [7, 11) is 3.22. The van der Waals surface area contributed by atoms with E-state index in [1.54, 1.807) is 14.2 Å². The number of nitrogens with one attached hydrogen (secondary N) is 1. The third-order valence-electron chi connectivity index (χ3n) is 3.27. The predicted molar refractivity (Wildman–Crippen MR) is 97.2 cm³/mol. The van der Waals surface area contributed by atoms with E-state index in [9.17, 15) is 0 Å². The minimum Gasteiger partial charge on any atom is -0.495 e. The zero-order valence-corrected chi connectivity index (χ0v) is 15.6. The van der Waals surface area contributed by atoms with Crippen molar-refractivity contribution in [3.8, 4) is 17.2 Å². The van der Waals surface area contributed by atoms with Crippen molar-refractivity contribution in [1.82, 2.24) is 0 Å². The molecule has 0 aromatic heterocycles. The van der Waals surface area contributed by atoms with E-state index in [1.165, 1.54) is 0 Å². The van der Waals surface area contributed by atoms with Crippen LogP contribution < -0.4 is 19.5 Å². The summed E-state index contributed by atoms with van der Waals surface area (Å²) in [5.41, 5.74) is 1.97. The van der Waals surface area contributed by atoms with Crippen molar-refractivity contribution in [2.75, 3.05) is 26.1 Å². The third kappa shape index (κ3) is 4.45. The lowest BCUT2D eigenvalue weighted by molar-refractivity contribution is 0.310. The molecule has 23 heavy (non-hydrogen) atoms. The van der Waals surface area contributed by atoms with Crippen LogP contribution in [-0.2, 0) is 6.54 Å². The summed E-state index contributed by atoms with van der Waals surface area (Å²) in [6, 6.07) is 9.46. The number of hydrogen-bond donors (Lipinski definition) is 1. The van der Waals surface area contributed by atoms with Gasteiger partial charge < -0.3 is 19.5 Å². The molecule has 0 unspecified atom stereocenters. The molecule has 0 aliphatic rings. The standard InChI is InChI=1S/C17H19BrClNO3/c1-4-23-17-7-11(13(18)9-16(17)22-3)10-20-12-5-6-15(21-2)14(19)8-12/h5-9,20H,4,10H2,1-3H3. The van der Waals surface area contributed by atoms with Crippen molar-refractivity contribution < 1.29 is 14.2 Å². The van der Waals surface area contributed by atoms with Gasteiger partial charge in [-0.15, -0.1) is 0 Å². The first-order valence-corrected chi connectivity index (χ1v) is 8.32. The number of anilines is 1. The summed E-state index contributed by atoms with van der Waals surface area (Å²) in [4.78, 5) is 0. The van der Waals surface area contributed by atoms with Gasteiger partial charge in [-0.1, -0.05) is 27.5 Å². The monoisotopic (exact) mass is 399 g/mol. The molecule has 1 N–H and O–H groups in total. The molecular weight excluding hydrogens is 382 g/mol. The third-order valence-corrected chi connectivity index (χ3v) is 4.30. The Bertz CT molecular complexity index is 679. The minimum atomic E-state index is 0.571. The number of benzene rings is 2. The lowest BCUT2D eigenvalue weighted by Gasteiger charge is -2.14. The number of methoxy groups -OCH3 is 2. The molecule has 0 saturated carbocycles. The molecule has 0 bridgehead atoms. The quantitative estimate of drug-likeness (QED) is 0.699. The van der Waals surface area contributed by atoms with Crippen LogP contribution in [0, 0.1) is 0 Å². The highest BCUT2D eigenvalue weighted by Gasteiger charge is 2.10. The van der Waals surface area contributed by atoms with Gasteiger partial charge in [-0.3, -0.25) is 0 Å². The van der Waals surface area contributed by atoms with E-state index in [0.29, 0.717) is 29.7 Å². The minimum absolute atomic E-state index is 0.571. The van der Waals surface area contributed by atoms with E-state index in [-0.39, 0.29) is 0 Å². The number of ether oxygens (including phenoxy) is 3. The Labute approximate surface area is 149 Å². The van der Waals surface area contributed by atoms with Crippen molar-refractivity contribution in [3.63, 3.8) is 0 Å². The van der Waals surface area contributed by atoms with Crippen LogP contribution in [-0.4, -0.2) is 20.8 Å². The van der Waals surface area contributed by atoms with Gasteiger partial charge in [0.05, 0.1) is 25.8 Å². The average Bonchev–Trinajstić information content (AvgIpc) is 2.55. The Morgan fingerprint density at radius 3 is 2.39 bits per heavy atom. The molecule has 0 amide bonds. The maximum absolute atomic E-state index is 6.14. The Morgan fingerprint density at radius 2 is 1.78 bits per heavy atom. The highest BCUT2D eigenvalue weighted by molar-refractivity contribution is 9.10. The summed E-state index contributed by atoms with van der Waals surface area (Å²) in [5.74, 6) is 2.08. The molecule has 0 spiro atoms. The number of rotatable bonds is 7. The Hall–Kier alpha value is -1.59. The predicted octanol–water partition coefficient (Wildman–Crippen LogP) is 5.13.